The Bertz CT molecular complexity index is 681. The van der Waals surface area contributed by atoms with Crippen molar-refractivity contribution in [1.29, 1.82) is 0 Å². The molecule has 4 nitrogen and oxygen atoms in total. The van der Waals surface area contributed by atoms with Crippen molar-refractivity contribution in [3.05, 3.63) is 41.0 Å². The topological polar surface area (TPSA) is 51.2 Å². The summed E-state index contributed by atoms with van der Waals surface area (Å²) in [5.41, 5.74) is 1.33. The average Bonchev–Trinajstić information content (AvgIpc) is 2.54. The molecule has 1 N–H and O–H groups in total. The zero-order chi connectivity index (χ0) is 15.5. The van der Waals surface area contributed by atoms with Crippen molar-refractivity contribution in [2.24, 2.45) is 0 Å². The first kappa shape index (κ1) is 15.3. The van der Waals surface area contributed by atoms with Gasteiger partial charge in [0.25, 0.3) is 5.91 Å². The van der Waals surface area contributed by atoms with Gasteiger partial charge in [-0.1, -0.05) is 29.8 Å². The van der Waals surface area contributed by atoms with Gasteiger partial charge in [0.05, 0.1) is 17.2 Å². The lowest BCUT2D eigenvalue weighted by molar-refractivity contribution is 0.0599. The molecule has 0 atom stereocenters. The molecule has 3 rings (SSSR count). The molecule has 1 saturated carbocycles. The molecule has 5 heteroatoms. The molecule has 0 aliphatic heterocycles. The quantitative estimate of drug-likeness (QED) is 0.880. The van der Waals surface area contributed by atoms with E-state index in [2.05, 4.69) is 10.3 Å². The summed E-state index contributed by atoms with van der Waals surface area (Å²) in [6, 6.07) is 9.39. The van der Waals surface area contributed by atoms with Crippen LogP contribution in [0, 0.1) is 0 Å². The Balaban J connectivity index is 1.78. The van der Waals surface area contributed by atoms with Crippen molar-refractivity contribution >= 4 is 28.4 Å². The zero-order valence-electron chi connectivity index (χ0n) is 12.5. The first-order valence-corrected chi connectivity index (χ1v) is 7.94. The molecule has 1 aliphatic carbocycles. The van der Waals surface area contributed by atoms with Crippen LogP contribution in [0.1, 0.15) is 36.0 Å². The van der Waals surface area contributed by atoms with E-state index < -0.39 is 0 Å². The molecule has 0 bridgehead atoms. The molecular weight excluding hydrogens is 300 g/mol. The Morgan fingerprint density at radius 3 is 2.73 bits per heavy atom. The van der Waals surface area contributed by atoms with Crippen LogP contribution in [0.5, 0.6) is 0 Å². The molecular formula is C17H19ClN2O2. The highest BCUT2D eigenvalue weighted by Gasteiger charge is 2.23. The van der Waals surface area contributed by atoms with Gasteiger partial charge in [-0.2, -0.15) is 0 Å². The maximum absolute atomic E-state index is 12.6. The number of nitrogens with one attached hydrogen (secondary N) is 1. The number of para-hydroxylation sites is 1. The van der Waals surface area contributed by atoms with E-state index in [-0.39, 0.29) is 11.9 Å². The largest absolute Gasteiger partial charge is 0.381 e. The van der Waals surface area contributed by atoms with E-state index in [1.165, 1.54) is 0 Å². The van der Waals surface area contributed by atoms with Crippen molar-refractivity contribution in [2.75, 3.05) is 7.11 Å². The highest BCUT2D eigenvalue weighted by Crippen LogP contribution is 2.23. The minimum Gasteiger partial charge on any atom is -0.381 e. The van der Waals surface area contributed by atoms with Crippen LogP contribution in [-0.2, 0) is 4.74 Å². The predicted octanol–water partition coefficient (Wildman–Crippen LogP) is 3.58. The van der Waals surface area contributed by atoms with Gasteiger partial charge in [0, 0.05) is 18.5 Å². The Kier molecular flexibility index (Phi) is 4.60. The first-order valence-electron chi connectivity index (χ1n) is 7.56. The molecule has 1 fully saturated rings. The highest BCUT2D eigenvalue weighted by atomic mass is 35.5. The molecule has 0 saturated heterocycles. The Hall–Kier alpha value is -1.65. The molecule has 116 valence electrons. The van der Waals surface area contributed by atoms with Gasteiger partial charge >= 0.3 is 0 Å². The first-order chi connectivity index (χ1) is 10.7. The molecule has 1 aromatic heterocycles. The number of ether oxygens (including phenoxy) is 1. The van der Waals surface area contributed by atoms with E-state index >= 15 is 0 Å². The molecule has 0 spiro atoms. The minimum absolute atomic E-state index is 0.0821. The average molecular weight is 319 g/mol. The van der Waals surface area contributed by atoms with Gasteiger partial charge in [0.2, 0.25) is 0 Å². The van der Waals surface area contributed by atoms with E-state index in [0.29, 0.717) is 16.8 Å². The number of pyridine rings is 1. The third kappa shape index (κ3) is 3.23. The van der Waals surface area contributed by atoms with Crippen LogP contribution in [-0.4, -0.2) is 30.1 Å². The van der Waals surface area contributed by atoms with Gasteiger partial charge in [0.15, 0.2) is 0 Å². The number of methoxy groups -OCH3 is 1. The molecule has 1 amide bonds. The third-order valence-corrected chi connectivity index (χ3v) is 4.47. The number of nitrogens with zero attached hydrogens (tertiary/aromatic N) is 1. The number of amides is 1. The summed E-state index contributed by atoms with van der Waals surface area (Å²) in [6.45, 7) is 0. The minimum atomic E-state index is -0.0821. The fourth-order valence-corrected chi connectivity index (χ4v) is 3.24. The number of rotatable bonds is 3. The molecule has 1 aliphatic rings. The van der Waals surface area contributed by atoms with E-state index in [1.807, 2.05) is 24.3 Å². The van der Waals surface area contributed by atoms with Crippen LogP contribution in [0.3, 0.4) is 0 Å². The number of aromatic nitrogens is 1. The number of benzene rings is 1. The van der Waals surface area contributed by atoms with E-state index in [4.69, 9.17) is 16.3 Å². The second-order valence-electron chi connectivity index (χ2n) is 5.69. The summed E-state index contributed by atoms with van der Waals surface area (Å²) in [4.78, 5) is 16.9. The lowest BCUT2D eigenvalue weighted by Crippen LogP contribution is -2.39. The van der Waals surface area contributed by atoms with Crippen molar-refractivity contribution in [1.82, 2.24) is 10.3 Å². The number of hydrogen-bond acceptors (Lipinski definition) is 3. The van der Waals surface area contributed by atoms with Gasteiger partial charge in [-0.3, -0.25) is 4.79 Å². The molecule has 22 heavy (non-hydrogen) atoms. The van der Waals surface area contributed by atoms with Crippen LogP contribution in [0.4, 0.5) is 0 Å². The molecule has 1 aromatic carbocycles. The number of fused-ring (bicyclic) bond motifs is 1. The van der Waals surface area contributed by atoms with E-state index in [1.54, 1.807) is 13.2 Å². The number of carbonyl (C=O) groups is 1. The van der Waals surface area contributed by atoms with Crippen molar-refractivity contribution in [3.63, 3.8) is 0 Å². The zero-order valence-corrected chi connectivity index (χ0v) is 13.3. The summed E-state index contributed by atoms with van der Waals surface area (Å²) in [7, 11) is 1.74. The number of hydrogen-bond donors (Lipinski definition) is 1. The normalized spacial score (nSPS) is 21.7. The summed E-state index contributed by atoms with van der Waals surface area (Å²) in [5.74, 6) is -0.0821. The van der Waals surface area contributed by atoms with Crippen LogP contribution in [0.15, 0.2) is 30.3 Å². The van der Waals surface area contributed by atoms with Gasteiger partial charge in [-0.25, -0.2) is 4.98 Å². The molecule has 0 unspecified atom stereocenters. The van der Waals surface area contributed by atoms with E-state index in [9.17, 15) is 4.79 Å². The maximum atomic E-state index is 12.6. The van der Waals surface area contributed by atoms with Crippen molar-refractivity contribution in [3.8, 4) is 0 Å². The second-order valence-corrected chi connectivity index (χ2v) is 6.08. The van der Waals surface area contributed by atoms with Crippen LogP contribution >= 0.6 is 11.6 Å². The summed E-state index contributed by atoms with van der Waals surface area (Å²) >= 11 is 6.04. The molecule has 0 radical (unpaired) electrons. The standard InChI is InChI=1S/C17H19ClN2O2/c1-22-12-8-6-11(7-9-12)19-17(21)14-10-16(18)20-15-5-3-2-4-13(14)15/h2-5,10-12H,6-9H2,1H3,(H,19,21). The number of carbonyl (C=O) groups excluding carboxylic acids is 1. The van der Waals surface area contributed by atoms with Crippen molar-refractivity contribution in [2.45, 2.75) is 37.8 Å². The lowest BCUT2D eigenvalue weighted by Gasteiger charge is -2.28. The maximum Gasteiger partial charge on any atom is 0.252 e. The van der Waals surface area contributed by atoms with Crippen LogP contribution in [0.2, 0.25) is 5.15 Å². The molecule has 2 aromatic rings. The second kappa shape index (κ2) is 6.63. The van der Waals surface area contributed by atoms with Gasteiger partial charge in [0.1, 0.15) is 5.15 Å². The lowest BCUT2D eigenvalue weighted by atomic mass is 9.92. The summed E-state index contributed by atoms with van der Waals surface area (Å²) in [5, 5.41) is 4.29. The summed E-state index contributed by atoms with van der Waals surface area (Å²) in [6.07, 6.45) is 4.19. The highest BCUT2D eigenvalue weighted by molar-refractivity contribution is 6.30. The summed E-state index contributed by atoms with van der Waals surface area (Å²) < 4.78 is 5.36. The monoisotopic (exact) mass is 318 g/mol. The van der Waals surface area contributed by atoms with Gasteiger partial charge < -0.3 is 10.1 Å². The third-order valence-electron chi connectivity index (χ3n) is 4.27. The Morgan fingerprint density at radius 2 is 2.00 bits per heavy atom. The van der Waals surface area contributed by atoms with Crippen LogP contribution < -0.4 is 5.32 Å². The van der Waals surface area contributed by atoms with E-state index in [0.717, 1.165) is 36.6 Å². The fraction of sp³-hybridized carbons (Fsp3) is 0.412. The SMILES string of the molecule is COC1CCC(NC(=O)c2cc(Cl)nc3ccccc23)CC1. The van der Waals surface area contributed by atoms with Crippen molar-refractivity contribution < 1.29 is 9.53 Å². The Labute approximate surface area is 134 Å². The predicted molar refractivity (Wildman–Crippen MR) is 87.3 cm³/mol. The van der Waals surface area contributed by atoms with Gasteiger partial charge in [-0.15, -0.1) is 0 Å². The molecule has 1 heterocycles. The van der Waals surface area contributed by atoms with Crippen LogP contribution in [0.25, 0.3) is 10.9 Å². The number of halogens is 1. The fourth-order valence-electron chi connectivity index (χ4n) is 3.04. The van der Waals surface area contributed by atoms with Gasteiger partial charge in [-0.05, 0) is 37.8 Å². The Morgan fingerprint density at radius 1 is 1.27 bits per heavy atom. The smallest absolute Gasteiger partial charge is 0.252 e.